The maximum absolute atomic E-state index is 10.6. The molecular formula is C9H14O2. The lowest BCUT2D eigenvalue weighted by molar-refractivity contribution is -0.135. The van der Waals surface area contributed by atoms with Crippen LogP contribution in [0.25, 0.3) is 0 Å². The third-order valence-electron chi connectivity index (χ3n) is 1.75. The molecule has 1 aliphatic heterocycles. The molecule has 0 bridgehead atoms. The summed E-state index contributed by atoms with van der Waals surface area (Å²) in [6.45, 7) is 2.15. The van der Waals surface area contributed by atoms with Crippen LogP contribution in [0.4, 0.5) is 0 Å². The molecule has 0 unspecified atom stereocenters. The normalized spacial score (nSPS) is 20.8. The lowest BCUT2D eigenvalue weighted by Gasteiger charge is -1.94. The fourth-order valence-electron chi connectivity index (χ4n) is 1.08. The van der Waals surface area contributed by atoms with Crippen LogP contribution >= 0.6 is 0 Å². The van der Waals surface area contributed by atoms with Gasteiger partial charge in [0, 0.05) is 6.42 Å². The molecule has 0 N–H and O–H groups in total. The summed E-state index contributed by atoms with van der Waals surface area (Å²) in [6, 6.07) is 0. The molecule has 62 valence electrons. The summed E-state index contributed by atoms with van der Waals surface area (Å²) in [4.78, 5) is 10.6. The van der Waals surface area contributed by atoms with E-state index in [1.54, 1.807) is 0 Å². The molecule has 1 saturated heterocycles. The summed E-state index contributed by atoms with van der Waals surface area (Å²) in [7, 11) is 0. The van der Waals surface area contributed by atoms with E-state index in [9.17, 15) is 4.79 Å². The number of carbonyl (C=O) groups is 1. The van der Waals surface area contributed by atoms with Crippen LogP contribution < -0.4 is 0 Å². The molecule has 2 nitrogen and oxygen atoms in total. The van der Waals surface area contributed by atoms with Gasteiger partial charge in [0.25, 0.3) is 0 Å². The molecule has 0 saturated carbocycles. The van der Waals surface area contributed by atoms with Gasteiger partial charge in [-0.05, 0) is 18.9 Å². The lowest BCUT2D eigenvalue weighted by atomic mass is 10.2. The Kier molecular flexibility index (Phi) is 3.14. The third kappa shape index (κ3) is 2.74. The van der Waals surface area contributed by atoms with Crippen molar-refractivity contribution in [3.63, 3.8) is 0 Å². The smallest absolute Gasteiger partial charge is 0.311 e. The topological polar surface area (TPSA) is 26.3 Å². The van der Waals surface area contributed by atoms with Gasteiger partial charge in [-0.2, -0.15) is 0 Å². The second-order valence-corrected chi connectivity index (χ2v) is 2.79. The van der Waals surface area contributed by atoms with Crippen molar-refractivity contribution in [2.75, 3.05) is 0 Å². The van der Waals surface area contributed by atoms with E-state index in [4.69, 9.17) is 4.74 Å². The van der Waals surface area contributed by atoms with Gasteiger partial charge in [-0.1, -0.05) is 13.3 Å². The molecule has 0 spiro atoms. The Balaban J connectivity index is 2.25. The highest BCUT2D eigenvalue weighted by Crippen LogP contribution is 2.18. The lowest BCUT2D eigenvalue weighted by Crippen LogP contribution is -1.88. The Hall–Kier alpha value is -0.790. The van der Waals surface area contributed by atoms with Crippen LogP contribution in [0.15, 0.2) is 11.8 Å². The fraction of sp³-hybridized carbons (Fsp3) is 0.667. The summed E-state index contributed by atoms with van der Waals surface area (Å²) < 4.78 is 4.93. The number of ether oxygens (including phenoxy) is 1. The van der Waals surface area contributed by atoms with E-state index in [1.165, 1.54) is 12.8 Å². The van der Waals surface area contributed by atoms with Crippen molar-refractivity contribution in [3.8, 4) is 0 Å². The van der Waals surface area contributed by atoms with Crippen molar-refractivity contribution in [2.24, 2.45) is 0 Å². The molecule has 0 aromatic heterocycles. The zero-order chi connectivity index (χ0) is 8.10. The Morgan fingerprint density at radius 3 is 2.91 bits per heavy atom. The number of hydrogen-bond donors (Lipinski definition) is 0. The monoisotopic (exact) mass is 154 g/mol. The van der Waals surface area contributed by atoms with Crippen LogP contribution in [0, 0.1) is 0 Å². The van der Waals surface area contributed by atoms with E-state index in [0.29, 0.717) is 6.42 Å². The molecule has 1 aliphatic rings. The maximum atomic E-state index is 10.6. The van der Waals surface area contributed by atoms with Gasteiger partial charge in [0.05, 0.1) is 6.42 Å². The van der Waals surface area contributed by atoms with Crippen LogP contribution in [-0.2, 0) is 9.53 Å². The van der Waals surface area contributed by atoms with Crippen molar-refractivity contribution in [3.05, 3.63) is 11.8 Å². The first kappa shape index (κ1) is 8.31. The average molecular weight is 154 g/mol. The van der Waals surface area contributed by atoms with E-state index in [0.717, 1.165) is 18.6 Å². The Morgan fingerprint density at radius 1 is 1.55 bits per heavy atom. The molecule has 0 atom stereocenters. The number of carbonyl (C=O) groups excluding carboxylic acids is 1. The molecular weight excluding hydrogens is 140 g/mol. The number of esters is 1. The molecule has 0 radical (unpaired) electrons. The summed E-state index contributed by atoms with van der Waals surface area (Å²) >= 11 is 0. The number of unbranched alkanes of at least 4 members (excludes halogenated alkanes) is 2. The maximum Gasteiger partial charge on any atom is 0.311 e. The third-order valence-corrected chi connectivity index (χ3v) is 1.75. The van der Waals surface area contributed by atoms with Crippen LogP contribution in [0.5, 0.6) is 0 Å². The second-order valence-electron chi connectivity index (χ2n) is 2.79. The van der Waals surface area contributed by atoms with Gasteiger partial charge < -0.3 is 4.74 Å². The first-order chi connectivity index (χ1) is 5.33. The summed E-state index contributed by atoms with van der Waals surface area (Å²) in [5.74, 6) is 0.802. The van der Waals surface area contributed by atoms with Crippen LogP contribution in [0.2, 0.25) is 0 Å². The van der Waals surface area contributed by atoms with Gasteiger partial charge in [-0.15, -0.1) is 0 Å². The average Bonchev–Trinajstić information content (AvgIpc) is 2.37. The predicted octanol–water partition coefficient (Wildman–Crippen LogP) is 2.40. The van der Waals surface area contributed by atoms with Crippen molar-refractivity contribution in [1.82, 2.24) is 0 Å². The van der Waals surface area contributed by atoms with Crippen molar-refractivity contribution >= 4 is 5.97 Å². The second kappa shape index (κ2) is 4.16. The number of cyclic esters (lactones) is 1. The predicted molar refractivity (Wildman–Crippen MR) is 42.9 cm³/mol. The number of rotatable bonds is 3. The Labute approximate surface area is 67.2 Å². The number of hydrogen-bond acceptors (Lipinski definition) is 2. The summed E-state index contributed by atoms with van der Waals surface area (Å²) in [5.41, 5.74) is 0. The number of allylic oxidation sites excluding steroid dienone is 2. The molecule has 2 heteroatoms. The van der Waals surface area contributed by atoms with Crippen LogP contribution in [0.1, 0.15) is 39.0 Å². The van der Waals surface area contributed by atoms with Crippen molar-refractivity contribution < 1.29 is 9.53 Å². The van der Waals surface area contributed by atoms with Gasteiger partial charge in [-0.3, -0.25) is 4.79 Å². The van der Waals surface area contributed by atoms with E-state index < -0.39 is 0 Å². The zero-order valence-corrected chi connectivity index (χ0v) is 6.93. The van der Waals surface area contributed by atoms with Crippen molar-refractivity contribution in [1.29, 1.82) is 0 Å². The Morgan fingerprint density at radius 2 is 2.36 bits per heavy atom. The van der Waals surface area contributed by atoms with Gasteiger partial charge >= 0.3 is 5.97 Å². The Bertz CT molecular complexity index is 170. The van der Waals surface area contributed by atoms with Crippen LogP contribution in [0.3, 0.4) is 0 Å². The fourth-order valence-corrected chi connectivity index (χ4v) is 1.08. The minimum atomic E-state index is -0.0762. The SMILES string of the molecule is CCCC/C=C1\CCC(=O)O1. The van der Waals surface area contributed by atoms with Gasteiger partial charge in [0.15, 0.2) is 0 Å². The standard InChI is InChI=1S/C9H14O2/c1-2-3-4-5-8-6-7-9(10)11-8/h5H,2-4,6-7H2,1H3/b8-5+. The van der Waals surface area contributed by atoms with E-state index in [2.05, 4.69) is 6.92 Å². The highest BCUT2D eigenvalue weighted by atomic mass is 16.5. The minimum absolute atomic E-state index is 0.0762. The molecule has 1 heterocycles. The van der Waals surface area contributed by atoms with E-state index in [1.807, 2.05) is 6.08 Å². The summed E-state index contributed by atoms with van der Waals surface area (Å²) in [6.07, 6.45) is 6.83. The van der Waals surface area contributed by atoms with Gasteiger partial charge in [-0.25, -0.2) is 0 Å². The van der Waals surface area contributed by atoms with Crippen molar-refractivity contribution in [2.45, 2.75) is 39.0 Å². The molecule has 0 amide bonds. The molecule has 0 aliphatic carbocycles. The zero-order valence-electron chi connectivity index (χ0n) is 6.93. The molecule has 11 heavy (non-hydrogen) atoms. The van der Waals surface area contributed by atoms with E-state index >= 15 is 0 Å². The molecule has 0 aromatic carbocycles. The quantitative estimate of drug-likeness (QED) is 0.461. The molecule has 1 fully saturated rings. The first-order valence-electron chi connectivity index (χ1n) is 4.22. The van der Waals surface area contributed by atoms with Gasteiger partial charge in [0.1, 0.15) is 5.76 Å². The largest absolute Gasteiger partial charge is 0.431 e. The molecule has 1 rings (SSSR count). The van der Waals surface area contributed by atoms with Gasteiger partial charge in [0.2, 0.25) is 0 Å². The minimum Gasteiger partial charge on any atom is -0.431 e. The van der Waals surface area contributed by atoms with E-state index in [-0.39, 0.29) is 5.97 Å². The first-order valence-corrected chi connectivity index (χ1v) is 4.22. The summed E-state index contributed by atoms with van der Waals surface area (Å²) in [5, 5.41) is 0. The van der Waals surface area contributed by atoms with Crippen LogP contribution in [-0.4, -0.2) is 5.97 Å². The highest BCUT2D eigenvalue weighted by molar-refractivity contribution is 5.73. The highest BCUT2D eigenvalue weighted by Gasteiger charge is 2.15. The molecule has 0 aromatic rings.